The molecule has 4 heteroatoms. The molecule has 2 nitrogen and oxygen atoms in total. The van der Waals surface area contributed by atoms with Gasteiger partial charge in [0.05, 0.1) is 10.7 Å². The topological polar surface area (TPSA) is 43.1 Å². The molecule has 0 bridgehead atoms. The van der Waals surface area contributed by atoms with E-state index in [0.717, 1.165) is 54.4 Å². The average molecular weight is 322 g/mol. The number of rotatable bonds is 3. The number of fused-ring (bicyclic) bond motifs is 3. The van der Waals surface area contributed by atoms with Crippen molar-refractivity contribution in [2.45, 2.75) is 52.4 Å². The van der Waals surface area contributed by atoms with Gasteiger partial charge in [-0.2, -0.15) is 0 Å². The van der Waals surface area contributed by atoms with E-state index in [1.165, 1.54) is 6.07 Å². The van der Waals surface area contributed by atoms with Crippen LogP contribution >= 0.6 is 11.6 Å². The average Bonchev–Trinajstić information content (AvgIpc) is 2.82. The monoisotopic (exact) mass is 321 g/mol. The molecule has 2 N–H and O–H groups in total. The Labute approximate surface area is 135 Å². The van der Waals surface area contributed by atoms with Gasteiger partial charge in [-0.1, -0.05) is 31.4 Å². The van der Waals surface area contributed by atoms with Crippen LogP contribution in [0.25, 0.3) is 5.57 Å². The number of anilines is 1. The number of unbranched alkanes of at least 4 members (excludes halogenated alkanes) is 1. The Bertz CT molecular complexity index is 695. The van der Waals surface area contributed by atoms with Crippen LogP contribution in [0.2, 0.25) is 5.02 Å². The molecular formula is C18H21ClFNO. The van der Waals surface area contributed by atoms with E-state index in [-0.39, 0.29) is 16.9 Å². The van der Waals surface area contributed by atoms with Crippen molar-refractivity contribution < 1.29 is 9.18 Å². The summed E-state index contributed by atoms with van der Waals surface area (Å²) in [5.74, 6) is -0.323. The zero-order valence-electron chi connectivity index (χ0n) is 13.1. The van der Waals surface area contributed by atoms with Gasteiger partial charge in [0.1, 0.15) is 5.82 Å². The van der Waals surface area contributed by atoms with E-state index in [0.29, 0.717) is 11.4 Å². The van der Waals surface area contributed by atoms with Crippen molar-refractivity contribution in [3.8, 4) is 0 Å². The van der Waals surface area contributed by atoms with E-state index in [4.69, 9.17) is 17.3 Å². The van der Waals surface area contributed by atoms with Crippen LogP contribution in [-0.2, 0) is 11.2 Å². The molecule has 1 aromatic carbocycles. The summed E-state index contributed by atoms with van der Waals surface area (Å²) in [5, 5.41) is 0.327. The SMILES string of the molecule is CCCCC12CCC(=O)C(C)=C1c1cc(F)c(N)c(Cl)c1C2. The maximum atomic E-state index is 14.1. The van der Waals surface area contributed by atoms with E-state index in [9.17, 15) is 9.18 Å². The van der Waals surface area contributed by atoms with Crippen LogP contribution < -0.4 is 5.73 Å². The van der Waals surface area contributed by atoms with E-state index >= 15 is 0 Å². The van der Waals surface area contributed by atoms with Crippen molar-refractivity contribution in [2.75, 3.05) is 5.73 Å². The number of nitrogen functional groups attached to an aromatic ring is 1. The number of hydrogen-bond acceptors (Lipinski definition) is 2. The molecule has 0 saturated carbocycles. The second-order valence-corrected chi connectivity index (χ2v) is 6.97. The summed E-state index contributed by atoms with van der Waals surface area (Å²) in [6, 6.07) is 1.47. The first kappa shape index (κ1) is 15.5. The van der Waals surface area contributed by atoms with E-state index in [1.807, 2.05) is 6.92 Å². The second kappa shape index (κ2) is 5.38. The number of carbonyl (C=O) groups is 1. The minimum Gasteiger partial charge on any atom is -0.395 e. The molecule has 0 saturated heterocycles. The first-order valence-corrected chi connectivity index (χ1v) is 8.30. The van der Waals surface area contributed by atoms with Crippen LogP contribution in [-0.4, -0.2) is 5.78 Å². The van der Waals surface area contributed by atoms with Crippen molar-refractivity contribution in [1.82, 2.24) is 0 Å². The van der Waals surface area contributed by atoms with Gasteiger partial charge in [-0.25, -0.2) is 4.39 Å². The molecule has 0 heterocycles. The normalized spacial score (nSPS) is 23.7. The van der Waals surface area contributed by atoms with Crippen molar-refractivity contribution >= 4 is 28.6 Å². The van der Waals surface area contributed by atoms with Crippen molar-refractivity contribution in [2.24, 2.45) is 5.41 Å². The van der Waals surface area contributed by atoms with Crippen molar-refractivity contribution in [3.05, 3.63) is 33.6 Å². The minimum absolute atomic E-state index is 0.0225. The van der Waals surface area contributed by atoms with E-state index < -0.39 is 5.82 Å². The molecule has 2 aliphatic rings. The molecule has 118 valence electrons. The van der Waals surface area contributed by atoms with Gasteiger partial charge >= 0.3 is 0 Å². The van der Waals surface area contributed by atoms with Crippen molar-refractivity contribution in [3.63, 3.8) is 0 Å². The first-order chi connectivity index (χ1) is 10.4. The van der Waals surface area contributed by atoms with E-state index in [1.54, 1.807) is 0 Å². The molecule has 0 radical (unpaired) electrons. The van der Waals surface area contributed by atoms with Crippen LogP contribution in [0.3, 0.4) is 0 Å². The lowest BCUT2D eigenvalue weighted by atomic mass is 9.67. The summed E-state index contributed by atoms with van der Waals surface area (Å²) in [6.45, 7) is 4.03. The third-order valence-electron chi connectivity index (χ3n) is 5.30. The Morgan fingerprint density at radius 3 is 2.86 bits per heavy atom. The first-order valence-electron chi connectivity index (χ1n) is 7.92. The second-order valence-electron chi connectivity index (χ2n) is 6.60. The molecule has 0 aromatic heterocycles. The lowest BCUT2D eigenvalue weighted by molar-refractivity contribution is -0.116. The van der Waals surface area contributed by atoms with Gasteiger partial charge in [0.15, 0.2) is 5.78 Å². The van der Waals surface area contributed by atoms with Gasteiger partial charge < -0.3 is 5.73 Å². The molecular weight excluding hydrogens is 301 g/mol. The Hall–Kier alpha value is -1.35. The molecule has 0 fully saturated rings. The fourth-order valence-electron chi connectivity index (χ4n) is 4.13. The Kier molecular flexibility index (Phi) is 3.80. The quantitative estimate of drug-likeness (QED) is 0.802. The lowest BCUT2D eigenvalue weighted by Crippen LogP contribution is -2.28. The van der Waals surface area contributed by atoms with Gasteiger partial charge in [-0.15, -0.1) is 0 Å². The Morgan fingerprint density at radius 2 is 2.18 bits per heavy atom. The zero-order chi connectivity index (χ0) is 16.1. The fourth-order valence-corrected chi connectivity index (χ4v) is 4.39. The number of carbonyl (C=O) groups excluding carboxylic acids is 1. The smallest absolute Gasteiger partial charge is 0.158 e. The zero-order valence-corrected chi connectivity index (χ0v) is 13.8. The summed E-state index contributed by atoms with van der Waals surface area (Å²) < 4.78 is 14.1. The number of nitrogens with two attached hydrogens (primary N) is 1. The van der Waals surface area contributed by atoms with Gasteiger partial charge in [0, 0.05) is 11.8 Å². The van der Waals surface area contributed by atoms with Crippen LogP contribution in [0, 0.1) is 11.2 Å². The molecule has 0 aliphatic heterocycles. The molecule has 1 aromatic rings. The molecule has 3 rings (SSSR count). The van der Waals surface area contributed by atoms with Crippen LogP contribution in [0.1, 0.15) is 57.1 Å². The number of allylic oxidation sites excluding steroid dienone is 2. The maximum absolute atomic E-state index is 14.1. The van der Waals surface area contributed by atoms with Crippen LogP contribution in [0.4, 0.5) is 10.1 Å². The molecule has 2 aliphatic carbocycles. The van der Waals surface area contributed by atoms with Gasteiger partial charge in [0.25, 0.3) is 0 Å². The predicted molar refractivity (Wildman–Crippen MR) is 88.3 cm³/mol. The van der Waals surface area contributed by atoms with Gasteiger partial charge in [-0.3, -0.25) is 4.79 Å². The number of benzene rings is 1. The summed E-state index contributed by atoms with van der Waals surface area (Å²) in [4.78, 5) is 12.2. The van der Waals surface area contributed by atoms with Crippen molar-refractivity contribution in [1.29, 1.82) is 0 Å². The summed E-state index contributed by atoms with van der Waals surface area (Å²) in [5.41, 5.74) is 9.23. The number of Topliss-reactive ketones (excluding diaryl/α,β-unsaturated/α-hetero) is 1. The highest BCUT2D eigenvalue weighted by Crippen LogP contribution is 2.58. The number of halogens is 2. The Balaban J connectivity index is 2.23. The van der Waals surface area contributed by atoms with E-state index in [2.05, 4.69) is 6.92 Å². The predicted octanol–water partition coefficient (Wildman–Crippen LogP) is 4.93. The summed E-state index contributed by atoms with van der Waals surface area (Å²) in [6.07, 6.45) is 5.37. The highest BCUT2D eigenvalue weighted by atomic mass is 35.5. The third kappa shape index (κ3) is 2.10. The maximum Gasteiger partial charge on any atom is 0.158 e. The standard InChI is InChI=1S/C18H21ClFNO/c1-3-4-6-18-7-5-14(22)10(2)15(18)11-8-13(20)17(21)16(19)12(11)9-18/h8H,3-7,9,21H2,1-2H3. The summed E-state index contributed by atoms with van der Waals surface area (Å²) >= 11 is 6.32. The highest BCUT2D eigenvalue weighted by molar-refractivity contribution is 6.34. The largest absolute Gasteiger partial charge is 0.395 e. The summed E-state index contributed by atoms with van der Waals surface area (Å²) in [7, 11) is 0. The fraction of sp³-hybridized carbons (Fsp3) is 0.500. The molecule has 1 atom stereocenters. The van der Waals surface area contributed by atoms with Gasteiger partial charge in [-0.05, 0) is 54.5 Å². The lowest BCUT2D eigenvalue weighted by Gasteiger charge is -2.36. The van der Waals surface area contributed by atoms with Crippen LogP contribution in [0.15, 0.2) is 11.6 Å². The molecule has 22 heavy (non-hydrogen) atoms. The minimum atomic E-state index is -0.492. The number of hydrogen-bond donors (Lipinski definition) is 1. The molecule has 1 unspecified atom stereocenters. The molecule has 0 amide bonds. The molecule has 0 spiro atoms. The number of ketones is 1. The van der Waals surface area contributed by atoms with Crippen LogP contribution in [0.5, 0.6) is 0 Å². The highest BCUT2D eigenvalue weighted by Gasteiger charge is 2.46. The Morgan fingerprint density at radius 1 is 1.45 bits per heavy atom. The van der Waals surface area contributed by atoms with Gasteiger partial charge in [0.2, 0.25) is 0 Å². The third-order valence-corrected chi connectivity index (χ3v) is 5.73.